The van der Waals surface area contributed by atoms with Crippen molar-refractivity contribution >= 4 is 29.9 Å². The second kappa shape index (κ2) is 8.68. The molecule has 0 heterocycles. The Morgan fingerprint density at radius 3 is 2.81 bits per heavy atom. The standard InChI is InChI=1S/C12H21N3.HI/c1-4-7-10-9-11(10)15-12(13-6-3)14-8-5-2;/h2,10-11H,4,6-9H2,1,3H3,(H2,13,14,15);1H. The zero-order valence-corrected chi connectivity index (χ0v) is 12.5. The van der Waals surface area contributed by atoms with Crippen LogP contribution in [0.2, 0.25) is 0 Å². The maximum Gasteiger partial charge on any atom is 0.192 e. The number of halogens is 1. The van der Waals surface area contributed by atoms with E-state index in [1.54, 1.807) is 0 Å². The molecule has 0 aliphatic heterocycles. The molecule has 0 aromatic carbocycles. The Morgan fingerprint density at radius 1 is 1.50 bits per heavy atom. The van der Waals surface area contributed by atoms with Crippen LogP contribution >= 0.6 is 24.0 Å². The third-order valence-electron chi connectivity index (χ3n) is 2.58. The Hall–Kier alpha value is -0.440. The first-order valence-electron chi connectivity index (χ1n) is 5.80. The van der Waals surface area contributed by atoms with Crippen LogP contribution in [0.4, 0.5) is 0 Å². The molecule has 1 saturated carbocycles. The van der Waals surface area contributed by atoms with Crippen LogP contribution in [-0.4, -0.2) is 25.1 Å². The minimum Gasteiger partial charge on any atom is -0.357 e. The Labute approximate surface area is 116 Å². The third-order valence-corrected chi connectivity index (χ3v) is 2.58. The fourth-order valence-corrected chi connectivity index (χ4v) is 1.73. The number of nitrogens with one attached hydrogen (secondary N) is 2. The summed E-state index contributed by atoms with van der Waals surface area (Å²) in [6, 6.07) is 0.612. The van der Waals surface area contributed by atoms with E-state index in [4.69, 9.17) is 6.42 Å². The molecule has 0 radical (unpaired) electrons. The molecule has 0 saturated heterocycles. The minimum atomic E-state index is 0. The van der Waals surface area contributed by atoms with E-state index in [9.17, 15) is 0 Å². The third kappa shape index (κ3) is 5.59. The summed E-state index contributed by atoms with van der Waals surface area (Å²) in [4.78, 5) is 4.26. The number of terminal acetylenes is 1. The normalized spacial score (nSPS) is 22.9. The second-order valence-electron chi connectivity index (χ2n) is 3.93. The van der Waals surface area contributed by atoms with E-state index in [1.807, 2.05) is 0 Å². The van der Waals surface area contributed by atoms with Crippen LogP contribution in [0.1, 0.15) is 33.1 Å². The van der Waals surface area contributed by atoms with Gasteiger partial charge in [0.05, 0.1) is 0 Å². The lowest BCUT2D eigenvalue weighted by Crippen LogP contribution is -2.39. The van der Waals surface area contributed by atoms with Crippen molar-refractivity contribution in [2.75, 3.05) is 13.1 Å². The molecule has 2 unspecified atom stereocenters. The fraction of sp³-hybridized carbons (Fsp3) is 0.750. The predicted octanol–water partition coefficient (Wildman–Crippen LogP) is 1.98. The second-order valence-corrected chi connectivity index (χ2v) is 3.93. The summed E-state index contributed by atoms with van der Waals surface area (Å²) in [5, 5.41) is 6.60. The summed E-state index contributed by atoms with van der Waals surface area (Å²) >= 11 is 0. The van der Waals surface area contributed by atoms with Gasteiger partial charge in [0.1, 0.15) is 6.54 Å². The maximum absolute atomic E-state index is 5.18. The fourth-order valence-electron chi connectivity index (χ4n) is 1.73. The summed E-state index contributed by atoms with van der Waals surface area (Å²) in [7, 11) is 0. The highest BCUT2D eigenvalue weighted by Crippen LogP contribution is 2.34. The van der Waals surface area contributed by atoms with Crippen molar-refractivity contribution in [2.24, 2.45) is 10.9 Å². The molecule has 1 aliphatic rings. The minimum absolute atomic E-state index is 0. The van der Waals surface area contributed by atoms with Gasteiger partial charge in [0.25, 0.3) is 0 Å². The van der Waals surface area contributed by atoms with Gasteiger partial charge in [-0.25, -0.2) is 4.99 Å². The summed E-state index contributed by atoms with van der Waals surface area (Å²) < 4.78 is 0. The highest BCUT2D eigenvalue weighted by atomic mass is 127. The molecule has 0 aromatic heterocycles. The smallest absolute Gasteiger partial charge is 0.192 e. The number of guanidine groups is 1. The molecule has 1 aliphatic carbocycles. The molecule has 92 valence electrons. The number of rotatable bonds is 5. The molecule has 4 heteroatoms. The van der Waals surface area contributed by atoms with Gasteiger partial charge >= 0.3 is 0 Å². The number of hydrogen-bond donors (Lipinski definition) is 2. The van der Waals surface area contributed by atoms with E-state index in [1.165, 1.54) is 19.3 Å². The average Bonchev–Trinajstić information content (AvgIpc) is 2.94. The SMILES string of the molecule is C#CCN=C(NCC)NC1CC1CCC.I. The Balaban J connectivity index is 0.00000225. The number of nitrogens with zero attached hydrogens (tertiary/aromatic N) is 1. The topological polar surface area (TPSA) is 36.4 Å². The van der Waals surface area contributed by atoms with Gasteiger partial charge in [0.2, 0.25) is 0 Å². The molecule has 1 rings (SSSR count). The molecule has 0 spiro atoms. The predicted molar refractivity (Wildman–Crippen MR) is 80.2 cm³/mol. The molecule has 2 N–H and O–H groups in total. The zero-order chi connectivity index (χ0) is 11.1. The summed E-state index contributed by atoms with van der Waals surface area (Å²) in [6.45, 7) is 5.61. The molecule has 1 fully saturated rings. The molecular formula is C12H22IN3. The largest absolute Gasteiger partial charge is 0.357 e. The molecule has 0 amide bonds. The van der Waals surface area contributed by atoms with Gasteiger partial charge < -0.3 is 10.6 Å². The molecule has 0 aromatic rings. The molecule has 16 heavy (non-hydrogen) atoms. The van der Waals surface area contributed by atoms with Crippen LogP contribution in [0.15, 0.2) is 4.99 Å². The van der Waals surface area contributed by atoms with Crippen molar-refractivity contribution in [3.8, 4) is 12.3 Å². The maximum atomic E-state index is 5.18. The van der Waals surface area contributed by atoms with Gasteiger partial charge in [-0.2, -0.15) is 0 Å². The Kier molecular flexibility index (Phi) is 8.44. The van der Waals surface area contributed by atoms with Crippen molar-refractivity contribution in [1.82, 2.24) is 10.6 Å². The first-order valence-corrected chi connectivity index (χ1v) is 5.80. The van der Waals surface area contributed by atoms with Crippen LogP contribution in [-0.2, 0) is 0 Å². The number of aliphatic imine (C=N–C) groups is 1. The zero-order valence-electron chi connectivity index (χ0n) is 10.1. The van der Waals surface area contributed by atoms with Crippen LogP contribution in [0, 0.1) is 18.3 Å². The van der Waals surface area contributed by atoms with Gasteiger partial charge in [0.15, 0.2) is 5.96 Å². The molecule has 2 atom stereocenters. The van der Waals surface area contributed by atoms with Crippen molar-refractivity contribution in [2.45, 2.75) is 39.2 Å². The van der Waals surface area contributed by atoms with E-state index in [0.717, 1.165) is 18.4 Å². The summed E-state index contributed by atoms with van der Waals surface area (Å²) in [6.07, 6.45) is 9.03. The average molecular weight is 335 g/mol. The van der Waals surface area contributed by atoms with E-state index >= 15 is 0 Å². The number of hydrogen-bond acceptors (Lipinski definition) is 1. The van der Waals surface area contributed by atoms with Crippen LogP contribution < -0.4 is 10.6 Å². The molecule has 0 bridgehead atoms. The van der Waals surface area contributed by atoms with Crippen LogP contribution in [0.25, 0.3) is 0 Å². The van der Waals surface area contributed by atoms with Gasteiger partial charge in [-0.05, 0) is 25.7 Å². The lowest BCUT2D eigenvalue weighted by molar-refractivity contribution is 0.656. The van der Waals surface area contributed by atoms with Crippen molar-refractivity contribution in [3.63, 3.8) is 0 Å². The quantitative estimate of drug-likeness (QED) is 0.349. The van der Waals surface area contributed by atoms with Gasteiger partial charge in [-0.3, -0.25) is 0 Å². The first-order chi connectivity index (χ1) is 7.31. The highest BCUT2D eigenvalue weighted by Gasteiger charge is 2.36. The Bertz CT molecular complexity index is 257. The van der Waals surface area contributed by atoms with E-state index < -0.39 is 0 Å². The van der Waals surface area contributed by atoms with E-state index in [-0.39, 0.29) is 24.0 Å². The van der Waals surface area contributed by atoms with Crippen molar-refractivity contribution < 1.29 is 0 Å². The molecular weight excluding hydrogens is 313 g/mol. The lowest BCUT2D eigenvalue weighted by atomic mass is 10.2. The van der Waals surface area contributed by atoms with E-state index in [0.29, 0.717) is 12.6 Å². The first kappa shape index (κ1) is 15.6. The lowest BCUT2D eigenvalue weighted by Gasteiger charge is -2.10. The van der Waals surface area contributed by atoms with Crippen molar-refractivity contribution in [1.29, 1.82) is 0 Å². The highest BCUT2D eigenvalue weighted by molar-refractivity contribution is 14.0. The van der Waals surface area contributed by atoms with Gasteiger partial charge in [-0.1, -0.05) is 19.3 Å². The van der Waals surface area contributed by atoms with Crippen LogP contribution in [0.5, 0.6) is 0 Å². The summed E-state index contributed by atoms with van der Waals surface area (Å²) in [5.41, 5.74) is 0. The van der Waals surface area contributed by atoms with Gasteiger partial charge in [0, 0.05) is 12.6 Å². The Morgan fingerprint density at radius 2 is 2.25 bits per heavy atom. The summed E-state index contributed by atoms with van der Waals surface area (Å²) in [5.74, 6) is 4.22. The van der Waals surface area contributed by atoms with E-state index in [2.05, 4.69) is 35.4 Å². The van der Waals surface area contributed by atoms with Crippen molar-refractivity contribution in [3.05, 3.63) is 0 Å². The molecule has 3 nitrogen and oxygen atoms in total. The monoisotopic (exact) mass is 335 g/mol. The van der Waals surface area contributed by atoms with Crippen LogP contribution in [0.3, 0.4) is 0 Å². The van der Waals surface area contributed by atoms with Gasteiger partial charge in [-0.15, -0.1) is 30.4 Å².